The minimum absolute atomic E-state index is 0.793. The van der Waals surface area contributed by atoms with Crippen LogP contribution >= 0.6 is 11.3 Å². The molecule has 0 unspecified atom stereocenters. The summed E-state index contributed by atoms with van der Waals surface area (Å²) in [6.45, 7) is 3.21. The molecule has 25 heavy (non-hydrogen) atoms. The van der Waals surface area contributed by atoms with Crippen LogP contribution in [0.5, 0.6) is 0 Å². The number of hydrogen-bond donors (Lipinski definition) is 1. The van der Waals surface area contributed by atoms with Gasteiger partial charge < -0.3 is 5.32 Å². The van der Waals surface area contributed by atoms with Gasteiger partial charge in [-0.25, -0.2) is 9.97 Å². The Hall–Kier alpha value is -1.94. The van der Waals surface area contributed by atoms with E-state index in [2.05, 4.69) is 42.6 Å². The van der Waals surface area contributed by atoms with E-state index in [1.165, 1.54) is 64.7 Å². The van der Waals surface area contributed by atoms with E-state index in [0.717, 1.165) is 24.6 Å². The highest BCUT2D eigenvalue weighted by atomic mass is 32.1. The molecule has 0 bridgehead atoms. The van der Waals surface area contributed by atoms with Gasteiger partial charge in [0.15, 0.2) is 0 Å². The Balaban J connectivity index is 1.74. The van der Waals surface area contributed by atoms with Gasteiger partial charge in [-0.05, 0) is 43.2 Å². The summed E-state index contributed by atoms with van der Waals surface area (Å²) in [6.07, 6.45) is 8.15. The van der Waals surface area contributed by atoms with Crippen molar-refractivity contribution in [2.45, 2.75) is 51.9 Å². The molecule has 1 aromatic carbocycles. The van der Waals surface area contributed by atoms with E-state index in [9.17, 15) is 0 Å². The van der Waals surface area contributed by atoms with Crippen LogP contribution in [0.15, 0.2) is 30.3 Å². The minimum Gasteiger partial charge on any atom is -0.369 e. The second kappa shape index (κ2) is 7.52. The second-order valence-corrected chi connectivity index (χ2v) is 7.91. The summed E-state index contributed by atoms with van der Waals surface area (Å²) in [6, 6.07) is 10.5. The Kier molecular flexibility index (Phi) is 4.97. The molecule has 0 atom stereocenters. The molecule has 1 aliphatic rings. The van der Waals surface area contributed by atoms with Gasteiger partial charge in [-0.15, -0.1) is 11.3 Å². The highest BCUT2D eigenvalue weighted by Crippen LogP contribution is 2.38. The summed E-state index contributed by atoms with van der Waals surface area (Å²) in [5, 5.41) is 4.91. The van der Waals surface area contributed by atoms with E-state index < -0.39 is 0 Å². The molecule has 0 saturated heterocycles. The predicted molar refractivity (Wildman–Crippen MR) is 107 cm³/mol. The van der Waals surface area contributed by atoms with Crippen LogP contribution < -0.4 is 5.32 Å². The summed E-state index contributed by atoms with van der Waals surface area (Å²) in [7, 11) is 0. The molecule has 1 aliphatic carbocycles. The molecule has 1 N–H and O–H groups in total. The molecule has 130 valence electrons. The standard InChI is InChI=1S/C21H25N3S/c1-2-3-13-22-20-19-16-11-7-8-12-17(16)25-21(19)24-18(23-20)14-15-9-5-4-6-10-15/h4-6,9-10H,2-3,7-8,11-14H2,1H3,(H,22,23,24). The molecule has 0 amide bonds. The molecule has 2 aromatic heterocycles. The molecular formula is C21H25N3S. The number of nitrogens with one attached hydrogen (secondary N) is 1. The predicted octanol–water partition coefficient (Wildman–Crippen LogP) is 5.37. The van der Waals surface area contributed by atoms with Crippen molar-refractivity contribution >= 4 is 27.4 Å². The average Bonchev–Trinajstić information content (AvgIpc) is 3.01. The van der Waals surface area contributed by atoms with Crippen LogP contribution in [0.4, 0.5) is 5.82 Å². The van der Waals surface area contributed by atoms with Gasteiger partial charge in [0.05, 0.1) is 5.39 Å². The van der Waals surface area contributed by atoms with Gasteiger partial charge in [0.1, 0.15) is 16.5 Å². The van der Waals surface area contributed by atoms with E-state index >= 15 is 0 Å². The zero-order valence-electron chi connectivity index (χ0n) is 14.8. The van der Waals surface area contributed by atoms with E-state index in [1.807, 2.05) is 11.3 Å². The Labute approximate surface area is 153 Å². The number of rotatable bonds is 6. The zero-order valence-corrected chi connectivity index (χ0v) is 15.7. The monoisotopic (exact) mass is 351 g/mol. The fourth-order valence-electron chi connectivity index (χ4n) is 3.57. The first-order valence-electron chi connectivity index (χ1n) is 9.44. The molecular weight excluding hydrogens is 326 g/mol. The van der Waals surface area contributed by atoms with E-state index in [1.54, 1.807) is 0 Å². The van der Waals surface area contributed by atoms with Crippen molar-refractivity contribution in [1.82, 2.24) is 9.97 Å². The minimum atomic E-state index is 0.793. The van der Waals surface area contributed by atoms with Gasteiger partial charge in [-0.1, -0.05) is 43.7 Å². The van der Waals surface area contributed by atoms with Gasteiger partial charge in [0.25, 0.3) is 0 Å². The topological polar surface area (TPSA) is 37.8 Å². The van der Waals surface area contributed by atoms with Crippen molar-refractivity contribution in [3.63, 3.8) is 0 Å². The van der Waals surface area contributed by atoms with Crippen LogP contribution in [0.1, 0.15) is 54.4 Å². The number of fused-ring (bicyclic) bond motifs is 3. The van der Waals surface area contributed by atoms with Crippen molar-refractivity contribution in [3.05, 3.63) is 52.2 Å². The third-order valence-electron chi connectivity index (χ3n) is 4.89. The van der Waals surface area contributed by atoms with Crippen LogP contribution in [0, 0.1) is 0 Å². The number of hydrogen-bond acceptors (Lipinski definition) is 4. The van der Waals surface area contributed by atoms with Crippen molar-refractivity contribution in [3.8, 4) is 0 Å². The third-order valence-corrected chi connectivity index (χ3v) is 6.07. The van der Waals surface area contributed by atoms with Gasteiger partial charge in [0.2, 0.25) is 0 Å². The first-order chi connectivity index (χ1) is 12.3. The second-order valence-electron chi connectivity index (χ2n) is 6.82. The largest absolute Gasteiger partial charge is 0.369 e. The first kappa shape index (κ1) is 16.5. The van der Waals surface area contributed by atoms with Gasteiger partial charge >= 0.3 is 0 Å². The molecule has 2 heterocycles. The van der Waals surface area contributed by atoms with Crippen molar-refractivity contribution < 1.29 is 0 Å². The lowest BCUT2D eigenvalue weighted by Crippen LogP contribution is -2.08. The highest BCUT2D eigenvalue weighted by Gasteiger charge is 2.21. The lowest BCUT2D eigenvalue weighted by Gasteiger charge is -2.13. The Morgan fingerprint density at radius 3 is 2.76 bits per heavy atom. The normalized spacial score (nSPS) is 13.8. The van der Waals surface area contributed by atoms with E-state index in [0.29, 0.717) is 0 Å². The number of thiophene rings is 1. The van der Waals surface area contributed by atoms with E-state index in [4.69, 9.17) is 9.97 Å². The Morgan fingerprint density at radius 2 is 1.92 bits per heavy atom. The molecule has 0 aliphatic heterocycles. The summed E-state index contributed by atoms with van der Waals surface area (Å²) >= 11 is 1.89. The number of aromatic nitrogens is 2. The quantitative estimate of drug-likeness (QED) is 0.606. The molecule has 0 fully saturated rings. The zero-order chi connectivity index (χ0) is 17.1. The lowest BCUT2D eigenvalue weighted by molar-refractivity contribution is 0.700. The average molecular weight is 352 g/mol. The number of nitrogens with zero attached hydrogens (tertiary/aromatic N) is 2. The number of anilines is 1. The fourth-order valence-corrected chi connectivity index (χ4v) is 4.85. The van der Waals surface area contributed by atoms with Gasteiger partial charge in [-0.3, -0.25) is 0 Å². The molecule has 0 spiro atoms. The summed E-state index contributed by atoms with van der Waals surface area (Å²) in [5.41, 5.74) is 2.78. The Bertz CT molecular complexity index is 854. The molecule has 4 rings (SSSR count). The van der Waals surface area contributed by atoms with Crippen LogP contribution in [0.3, 0.4) is 0 Å². The van der Waals surface area contributed by atoms with Crippen molar-refractivity contribution in [2.24, 2.45) is 0 Å². The third kappa shape index (κ3) is 3.54. The molecule has 4 heteroatoms. The summed E-state index contributed by atoms with van der Waals surface area (Å²) < 4.78 is 0. The smallest absolute Gasteiger partial charge is 0.138 e. The number of aryl methyl sites for hydroxylation is 2. The number of unbranched alkanes of at least 4 members (excludes halogenated alkanes) is 1. The number of benzene rings is 1. The fraction of sp³-hybridized carbons (Fsp3) is 0.429. The van der Waals surface area contributed by atoms with Gasteiger partial charge in [0, 0.05) is 17.8 Å². The molecule has 3 nitrogen and oxygen atoms in total. The Morgan fingerprint density at radius 1 is 1.08 bits per heavy atom. The van der Waals surface area contributed by atoms with Crippen LogP contribution in [-0.4, -0.2) is 16.5 Å². The molecule has 3 aromatic rings. The SMILES string of the molecule is CCCCNc1nc(Cc2ccccc2)nc2sc3c(c12)CCCC3. The van der Waals surface area contributed by atoms with Crippen molar-refractivity contribution in [1.29, 1.82) is 0 Å². The van der Waals surface area contributed by atoms with Crippen molar-refractivity contribution in [2.75, 3.05) is 11.9 Å². The van der Waals surface area contributed by atoms with Crippen LogP contribution in [-0.2, 0) is 19.3 Å². The maximum absolute atomic E-state index is 4.93. The first-order valence-corrected chi connectivity index (χ1v) is 10.3. The molecule has 0 radical (unpaired) electrons. The summed E-state index contributed by atoms with van der Waals surface area (Å²) in [4.78, 5) is 12.6. The maximum Gasteiger partial charge on any atom is 0.138 e. The van der Waals surface area contributed by atoms with Crippen LogP contribution in [0.2, 0.25) is 0 Å². The molecule has 0 saturated carbocycles. The lowest BCUT2D eigenvalue weighted by atomic mass is 9.97. The highest BCUT2D eigenvalue weighted by molar-refractivity contribution is 7.19. The van der Waals surface area contributed by atoms with Gasteiger partial charge in [-0.2, -0.15) is 0 Å². The van der Waals surface area contributed by atoms with Crippen LogP contribution in [0.25, 0.3) is 10.2 Å². The van der Waals surface area contributed by atoms with E-state index in [-0.39, 0.29) is 0 Å². The summed E-state index contributed by atoms with van der Waals surface area (Å²) in [5.74, 6) is 1.99. The maximum atomic E-state index is 4.93.